The van der Waals surface area contributed by atoms with Gasteiger partial charge >= 0.3 is 0 Å². The summed E-state index contributed by atoms with van der Waals surface area (Å²) < 4.78 is 0. The number of allylic oxidation sites excluding steroid dienone is 1. The van der Waals surface area contributed by atoms with E-state index in [1.165, 1.54) is 5.56 Å². The second-order valence-electron chi connectivity index (χ2n) is 3.67. The molecule has 0 spiro atoms. The summed E-state index contributed by atoms with van der Waals surface area (Å²) >= 11 is 7.40. The number of hydrogen-bond acceptors (Lipinski definition) is 2. The molecule has 0 aliphatic heterocycles. The van der Waals surface area contributed by atoms with Gasteiger partial charge in [-0.1, -0.05) is 11.6 Å². The molecule has 0 aliphatic rings. The molecular weight excluding hydrogens is 252 g/mol. The maximum atomic E-state index is 11.8. The van der Waals surface area contributed by atoms with Crippen molar-refractivity contribution in [1.29, 1.82) is 0 Å². The first kappa shape index (κ1) is 12.1. The fraction of sp³-hybridized carbons (Fsp3) is 0.0714. The van der Waals surface area contributed by atoms with Crippen LogP contribution < -0.4 is 0 Å². The zero-order valence-corrected chi connectivity index (χ0v) is 10.9. The first-order valence-electron chi connectivity index (χ1n) is 5.19. The van der Waals surface area contributed by atoms with Gasteiger partial charge in [-0.3, -0.25) is 4.79 Å². The van der Waals surface area contributed by atoms with Crippen molar-refractivity contribution >= 4 is 34.8 Å². The van der Waals surface area contributed by atoms with Crippen molar-refractivity contribution in [3.05, 3.63) is 62.8 Å². The summed E-state index contributed by atoms with van der Waals surface area (Å²) in [5.74, 6) is -0.00512. The lowest BCUT2D eigenvalue weighted by Gasteiger charge is -1.95. The van der Waals surface area contributed by atoms with Crippen LogP contribution in [0.2, 0.25) is 5.02 Å². The Balaban J connectivity index is 2.14. The van der Waals surface area contributed by atoms with Crippen LogP contribution in [0.5, 0.6) is 0 Å². The van der Waals surface area contributed by atoms with Crippen LogP contribution in [0.4, 0.5) is 0 Å². The van der Waals surface area contributed by atoms with E-state index in [0.717, 1.165) is 4.88 Å². The lowest BCUT2D eigenvalue weighted by atomic mass is 10.1. The molecule has 17 heavy (non-hydrogen) atoms. The molecule has 0 amide bonds. The SMILES string of the molecule is Cc1ccsc1C=CC(=O)c1ccc(Cl)cc1. The molecule has 0 atom stereocenters. The molecular formula is C14H11ClOS. The molecule has 0 N–H and O–H groups in total. The fourth-order valence-corrected chi connectivity index (χ4v) is 2.36. The first-order valence-corrected chi connectivity index (χ1v) is 6.44. The molecule has 0 fully saturated rings. The number of carbonyl (C=O) groups excluding carboxylic acids is 1. The monoisotopic (exact) mass is 262 g/mol. The van der Waals surface area contributed by atoms with Gasteiger partial charge in [0, 0.05) is 15.5 Å². The third-order valence-corrected chi connectivity index (χ3v) is 3.65. The Bertz CT molecular complexity index is 552. The van der Waals surface area contributed by atoms with Crippen LogP contribution >= 0.6 is 22.9 Å². The number of halogens is 1. The van der Waals surface area contributed by atoms with E-state index >= 15 is 0 Å². The van der Waals surface area contributed by atoms with Gasteiger partial charge in [0.1, 0.15) is 0 Å². The predicted molar refractivity (Wildman–Crippen MR) is 73.9 cm³/mol. The quantitative estimate of drug-likeness (QED) is 0.583. The second kappa shape index (κ2) is 5.30. The smallest absolute Gasteiger partial charge is 0.185 e. The number of hydrogen-bond donors (Lipinski definition) is 0. The second-order valence-corrected chi connectivity index (χ2v) is 5.06. The van der Waals surface area contributed by atoms with Crippen molar-refractivity contribution in [1.82, 2.24) is 0 Å². The highest BCUT2D eigenvalue weighted by atomic mass is 35.5. The van der Waals surface area contributed by atoms with E-state index in [1.54, 1.807) is 41.7 Å². The van der Waals surface area contributed by atoms with Gasteiger partial charge in [0.2, 0.25) is 0 Å². The molecule has 3 heteroatoms. The molecule has 0 unspecified atom stereocenters. The maximum absolute atomic E-state index is 11.8. The fourth-order valence-electron chi connectivity index (χ4n) is 1.42. The van der Waals surface area contributed by atoms with Crippen molar-refractivity contribution in [2.75, 3.05) is 0 Å². The first-order chi connectivity index (χ1) is 8.16. The highest BCUT2D eigenvalue weighted by Gasteiger charge is 2.01. The largest absolute Gasteiger partial charge is 0.289 e. The van der Waals surface area contributed by atoms with E-state index in [4.69, 9.17) is 11.6 Å². The number of ketones is 1. The van der Waals surface area contributed by atoms with Gasteiger partial charge in [-0.2, -0.15) is 0 Å². The number of aryl methyl sites for hydroxylation is 1. The van der Waals surface area contributed by atoms with Crippen molar-refractivity contribution in [2.45, 2.75) is 6.92 Å². The number of rotatable bonds is 3. The summed E-state index contributed by atoms with van der Waals surface area (Å²) in [6, 6.07) is 8.95. The van der Waals surface area contributed by atoms with Crippen LogP contribution in [0, 0.1) is 6.92 Å². The minimum Gasteiger partial charge on any atom is -0.289 e. The summed E-state index contributed by atoms with van der Waals surface area (Å²) in [5.41, 5.74) is 1.84. The van der Waals surface area contributed by atoms with Gasteiger partial charge in [0.15, 0.2) is 5.78 Å². The molecule has 0 aliphatic carbocycles. The average Bonchev–Trinajstić information content (AvgIpc) is 2.73. The number of benzene rings is 1. The third-order valence-electron chi connectivity index (χ3n) is 2.42. The van der Waals surface area contributed by atoms with E-state index < -0.39 is 0 Å². The lowest BCUT2D eigenvalue weighted by Crippen LogP contribution is -1.92. The van der Waals surface area contributed by atoms with Crippen LogP contribution in [0.3, 0.4) is 0 Å². The van der Waals surface area contributed by atoms with Crippen LogP contribution in [0.1, 0.15) is 20.8 Å². The van der Waals surface area contributed by atoms with Gasteiger partial charge in [0.05, 0.1) is 0 Å². The summed E-state index contributed by atoms with van der Waals surface area (Å²) in [7, 11) is 0. The predicted octanol–water partition coefficient (Wildman–Crippen LogP) is 4.61. The Kier molecular flexibility index (Phi) is 3.77. The molecule has 0 saturated carbocycles. The van der Waals surface area contributed by atoms with Gasteiger partial charge in [-0.25, -0.2) is 0 Å². The molecule has 2 rings (SSSR count). The topological polar surface area (TPSA) is 17.1 Å². The van der Waals surface area contributed by atoms with Gasteiger partial charge in [0.25, 0.3) is 0 Å². The molecule has 86 valence electrons. The molecule has 0 bridgehead atoms. The molecule has 1 heterocycles. The maximum Gasteiger partial charge on any atom is 0.185 e. The molecule has 1 nitrogen and oxygen atoms in total. The van der Waals surface area contributed by atoms with E-state index in [9.17, 15) is 4.79 Å². The van der Waals surface area contributed by atoms with Crippen molar-refractivity contribution in [2.24, 2.45) is 0 Å². The van der Waals surface area contributed by atoms with Crippen molar-refractivity contribution < 1.29 is 4.79 Å². The normalized spacial score (nSPS) is 10.9. The zero-order chi connectivity index (χ0) is 12.3. The third kappa shape index (κ3) is 3.05. The van der Waals surface area contributed by atoms with Crippen LogP contribution in [-0.4, -0.2) is 5.78 Å². The van der Waals surface area contributed by atoms with E-state index in [2.05, 4.69) is 0 Å². The highest BCUT2D eigenvalue weighted by Crippen LogP contribution is 2.18. The lowest BCUT2D eigenvalue weighted by molar-refractivity contribution is 0.104. The molecule has 0 radical (unpaired) electrons. The van der Waals surface area contributed by atoms with Gasteiger partial charge in [-0.15, -0.1) is 11.3 Å². The Hall–Kier alpha value is -1.38. The van der Waals surface area contributed by atoms with E-state index in [0.29, 0.717) is 10.6 Å². The Morgan fingerprint density at radius 1 is 1.24 bits per heavy atom. The van der Waals surface area contributed by atoms with E-state index in [-0.39, 0.29) is 5.78 Å². The minimum absolute atomic E-state index is 0.00512. The standard InChI is InChI=1S/C14H11ClOS/c1-10-8-9-17-14(10)7-6-13(16)11-2-4-12(15)5-3-11/h2-9H,1H3. The average molecular weight is 263 g/mol. The number of carbonyl (C=O) groups is 1. The zero-order valence-electron chi connectivity index (χ0n) is 9.31. The summed E-state index contributed by atoms with van der Waals surface area (Å²) in [6.07, 6.45) is 3.46. The Morgan fingerprint density at radius 2 is 1.94 bits per heavy atom. The van der Waals surface area contributed by atoms with Crippen LogP contribution in [0.15, 0.2) is 41.8 Å². The van der Waals surface area contributed by atoms with E-state index in [1.807, 2.05) is 24.4 Å². The van der Waals surface area contributed by atoms with Gasteiger partial charge in [-0.05, 0) is 60.4 Å². The highest BCUT2D eigenvalue weighted by molar-refractivity contribution is 7.11. The Labute approximate surface area is 109 Å². The number of thiophene rings is 1. The van der Waals surface area contributed by atoms with Crippen molar-refractivity contribution in [3.8, 4) is 0 Å². The molecule has 1 aromatic carbocycles. The summed E-state index contributed by atoms with van der Waals surface area (Å²) in [4.78, 5) is 13.0. The van der Waals surface area contributed by atoms with Crippen LogP contribution in [-0.2, 0) is 0 Å². The van der Waals surface area contributed by atoms with Crippen molar-refractivity contribution in [3.63, 3.8) is 0 Å². The molecule has 1 aromatic heterocycles. The molecule has 0 saturated heterocycles. The van der Waals surface area contributed by atoms with Crippen LogP contribution in [0.25, 0.3) is 6.08 Å². The summed E-state index contributed by atoms with van der Waals surface area (Å²) in [5, 5.41) is 2.65. The Morgan fingerprint density at radius 3 is 2.53 bits per heavy atom. The minimum atomic E-state index is -0.00512. The summed E-state index contributed by atoms with van der Waals surface area (Å²) in [6.45, 7) is 2.03. The van der Waals surface area contributed by atoms with Gasteiger partial charge < -0.3 is 0 Å². The molecule has 2 aromatic rings.